The number of rotatable bonds is 5. The number of fused-ring (bicyclic) bond motifs is 1. The van der Waals surface area contributed by atoms with Gasteiger partial charge in [0.05, 0.1) is 17.2 Å². The second kappa shape index (κ2) is 6.28. The molecule has 1 saturated heterocycles. The zero-order valence-electron chi connectivity index (χ0n) is 14.1. The lowest BCUT2D eigenvalue weighted by molar-refractivity contribution is 0.255. The van der Waals surface area contributed by atoms with Gasteiger partial charge in [-0.3, -0.25) is 4.98 Å². The highest BCUT2D eigenvalue weighted by Crippen LogP contribution is 2.48. The van der Waals surface area contributed by atoms with Gasteiger partial charge < -0.3 is 10.1 Å². The molecule has 138 valence electrons. The van der Waals surface area contributed by atoms with Crippen LogP contribution in [0.2, 0.25) is 0 Å². The molecule has 2 aliphatic rings. The lowest BCUT2D eigenvalue weighted by Gasteiger charge is -2.11. The monoisotopic (exact) mass is 380 g/mol. The minimum Gasteiger partial charge on any atom is -0.487 e. The maximum atomic E-state index is 14.3. The van der Waals surface area contributed by atoms with Crippen molar-refractivity contribution in [3.8, 4) is 17.0 Å². The van der Waals surface area contributed by atoms with Gasteiger partial charge in [0.2, 0.25) is 0 Å². The normalized spacial score (nSPS) is 24.3. The first-order chi connectivity index (χ1) is 12.3. The number of ether oxygens (including phenoxy) is 1. The van der Waals surface area contributed by atoms with Crippen molar-refractivity contribution in [2.24, 2.45) is 17.8 Å². The third-order valence-corrected chi connectivity index (χ3v) is 6.25. The van der Waals surface area contributed by atoms with E-state index < -0.39 is 21.5 Å². The van der Waals surface area contributed by atoms with Gasteiger partial charge in [0.15, 0.2) is 27.2 Å². The molecule has 2 aromatic rings. The summed E-state index contributed by atoms with van der Waals surface area (Å²) in [5.41, 5.74) is 0.504. The average Bonchev–Trinajstić information content (AvgIpc) is 3.01. The largest absolute Gasteiger partial charge is 0.487 e. The molecule has 1 saturated carbocycles. The number of pyridine rings is 1. The molecule has 26 heavy (non-hydrogen) atoms. The number of halogens is 2. The van der Waals surface area contributed by atoms with Gasteiger partial charge in [-0.15, -0.1) is 0 Å². The molecule has 1 aromatic heterocycles. The fourth-order valence-electron chi connectivity index (χ4n) is 3.59. The summed E-state index contributed by atoms with van der Waals surface area (Å²) in [6.07, 6.45) is 2.24. The third-order valence-electron chi connectivity index (χ3n) is 5.15. The Morgan fingerprint density at radius 2 is 1.85 bits per heavy atom. The van der Waals surface area contributed by atoms with Crippen molar-refractivity contribution < 1.29 is 21.9 Å². The summed E-state index contributed by atoms with van der Waals surface area (Å²) in [5.74, 6) is -0.494. The Labute approximate surface area is 150 Å². The van der Waals surface area contributed by atoms with E-state index in [0.717, 1.165) is 31.5 Å². The molecule has 8 heteroatoms. The molecule has 4 rings (SSSR count). The predicted octanol–water partition coefficient (Wildman–Crippen LogP) is 2.27. The molecule has 1 N–H and O–H groups in total. The van der Waals surface area contributed by atoms with Crippen LogP contribution in [0.3, 0.4) is 0 Å². The van der Waals surface area contributed by atoms with Crippen LogP contribution < -0.4 is 10.1 Å². The standard InChI is InChI=1S/C18H18F2N2O3S/c1-26(23,24)11-2-3-17(22-6-11)10-4-15(19)18(16(20)5-10)25-9-14-12-7-21-8-13(12)14/h2-6,12-14,21H,7-9H2,1H3. The first-order valence-corrected chi connectivity index (χ1v) is 10.2. The van der Waals surface area contributed by atoms with Gasteiger partial charge in [-0.25, -0.2) is 17.2 Å². The van der Waals surface area contributed by atoms with E-state index in [1.165, 1.54) is 18.3 Å². The molecule has 1 aromatic carbocycles. The highest BCUT2D eigenvalue weighted by molar-refractivity contribution is 7.90. The molecule has 0 spiro atoms. The first kappa shape index (κ1) is 17.4. The van der Waals surface area contributed by atoms with Gasteiger partial charge in [0.1, 0.15) is 0 Å². The fourth-order valence-corrected chi connectivity index (χ4v) is 4.15. The topological polar surface area (TPSA) is 68.3 Å². The van der Waals surface area contributed by atoms with Crippen molar-refractivity contribution in [3.63, 3.8) is 0 Å². The smallest absolute Gasteiger partial charge is 0.190 e. The van der Waals surface area contributed by atoms with Gasteiger partial charge in [-0.2, -0.15) is 0 Å². The molecular weight excluding hydrogens is 362 g/mol. The summed E-state index contributed by atoms with van der Waals surface area (Å²) in [4.78, 5) is 4.04. The van der Waals surface area contributed by atoms with Crippen molar-refractivity contribution in [1.82, 2.24) is 10.3 Å². The van der Waals surface area contributed by atoms with Crippen LogP contribution >= 0.6 is 0 Å². The quantitative estimate of drug-likeness (QED) is 0.862. The number of hydrogen-bond acceptors (Lipinski definition) is 5. The zero-order chi connectivity index (χ0) is 18.5. The van der Waals surface area contributed by atoms with Crippen LogP contribution in [0, 0.1) is 29.4 Å². The number of sulfone groups is 1. The second-order valence-electron chi connectivity index (χ2n) is 6.88. The molecular formula is C18H18F2N2O3S. The number of aromatic nitrogens is 1. The van der Waals surface area contributed by atoms with Crippen molar-refractivity contribution >= 4 is 9.84 Å². The average molecular weight is 380 g/mol. The van der Waals surface area contributed by atoms with Gasteiger partial charge in [0, 0.05) is 23.9 Å². The van der Waals surface area contributed by atoms with E-state index in [1.807, 2.05) is 0 Å². The van der Waals surface area contributed by atoms with Crippen LogP contribution in [-0.2, 0) is 9.84 Å². The van der Waals surface area contributed by atoms with E-state index in [1.54, 1.807) is 0 Å². The Kier molecular flexibility index (Phi) is 4.19. The molecule has 2 fully saturated rings. The molecule has 2 atom stereocenters. The summed E-state index contributed by atoms with van der Waals surface area (Å²) < 4.78 is 57.0. The minimum atomic E-state index is -3.38. The molecule has 2 unspecified atom stereocenters. The Morgan fingerprint density at radius 3 is 2.38 bits per heavy atom. The van der Waals surface area contributed by atoms with E-state index in [0.29, 0.717) is 24.4 Å². The van der Waals surface area contributed by atoms with Crippen LogP contribution in [0.5, 0.6) is 5.75 Å². The van der Waals surface area contributed by atoms with Gasteiger partial charge in [-0.1, -0.05) is 0 Å². The molecule has 5 nitrogen and oxygen atoms in total. The highest BCUT2D eigenvalue weighted by Gasteiger charge is 2.53. The maximum absolute atomic E-state index is 14.3. The van der Waals surface area contributed by atoms with E-state index in [-0.39, 0.29) is 21.9 Å². The fraction of sp³-hybridized carbons (Fsp3) is 0.389. The molecule has 0 bridgehead atoms. The SMILES string of the molecule is CS(=O)(=O)c1ccc(-c2cc(F)c(OCC3C4CNCC43)c(F)c2)nc1. The highest BCUT2D eigenvalue weighted by atomic mass is 32.2. The van der Waals surface area contributed by atoms with Crippen molar-refractivity contribution in [2.45, 2.75) is 4.90 Å². The lowest BCUT2D eigenvalue weighted by atomic mass is 10.1. The van der Waals surface area contributed by atoms with Crippen molar-refractivity contribution in [3.05, 3.63) is 42.1 Å². The lowest BCUT2D eigenvalue weighted by Crippen LogP contribution is -2.18. The zero-order valence-corrected chi connectivity index (χ0v) is 14.9. The Bertz CT molecular complexity index is 914. The number of piperidine rings is 1. The maximum Gasteiger partial charge on any atom is 0.190 e. The van der Waals surface area contributed by atoms with E-state index in [9.17, 15) is 17.2 Å². The summed E-state index contributed by atoms with van der Waals surface area (Å²) >= 11 is 0. The summed E-state index contributed by atoms with van der Waals surface area (Å²) in [5, 5.41) is 3.26. The van der Waals surface area contributed by atoms with Gasteiger partial charge in [-0.05, 0) is 49.2 Å². The Morgan fingerprint density at radius 1 is 1.19 bits per heavy atom. The molecule has 0 radical (unpaired) electrons. The molecule has 2 heterocycles. The van der Waals surface area contributed by atoms with E-state index in [4.69, 9.17) is 4.74 Å². The van der Waals surface area contributed by atoms with Crippen LogP contribution in [0.25, 0.3) is 11.3 Å². The second-order valence-corrected chi connectivity index (χ2v) is 8.90. The van der Waals surface area contributed by atoms with Crippen LogP contribution in [0.4, 0.5) is 8.78 Å². The predicted molar refractivity (Wildman–Crippen MR) is 91.5 cm³/mol. The van der Waals surface area contributed by atoms with Crippen molar-refractivity contribution in [2.75, 3.05) is 26.0 Å². The number of benzene rings is 1. The Balaban J connectivity index is 1.51. The summed E-state index contributed by atoms with van der Waals surface area (Å²) in [6.45, 7) is 2.20. The van der Waals surface area contributed by atoms with E-state index >= 15 is 0 Å². The van der Waals surface area contributed by atoms with Crippen LogP contribution in [0.1, 0.15) is 0 Å². The molecule has 0 amide bonds. The number of nitrogens with zero attached hydrogens (tertiary/aromatic N) is 1. The van der Waals surface area contributed by atoms with Crippen molar-refractivity contribution in [1.29, 1.82) is 0 Å². The molecule has 1 aliphatic heterocycles. The molecule has 1 aliphatic carbocycles. The number of nitrogens with one attached hydrogen (secondary N) is 1. The third kappa shape index (κ3) is 3.19. The Hall–Kier alpha value is -2.06. The van der Waals surface area contributed by atoms with Gasteiger partial charge in [0.25, 0.3) is 0 Å². The first-order valence-electron chi connectivity index (χ1n) is 8.33. The summed E-state index contributed by atoms with van der Waals surface area (Å²) in [6, 6.07) is 5.08. The van der Waals surface area contributed by atoms with E-state index in [2.05, 4.69) is 10.3 Å². The minimum absolute atomic E-state index is 0.0478. The number of hydrogen-bond donors (Lipinski definition) is 1. The van der Waals surface area contributed by atoms with Crippen LogP contribution in [0.15, 0.2) is 35.4 Å². The summed E-state index contributed by atoms with van der Waals surface area (Å²) in [7, 11) is -3.38. The van der Waals surface area contributed by atoms with Gasteiger partial charge >= 0.3 is 0 Å². The van der Waals surface area contributed by atoms with Crippen LogP contribution in [-0.4, -0.2) is 39.4 Å².